The molecule has 0 fully saturated rings. The topological polar surface area (TPSA) is 105 Å². The highest BCUT2D eigenvalue weighted by atomic mass is 31.2. The summed E-state index contributed by atoms with van der Waals surface area (Å²) < 4.78 is 23.5. The first-order valence-electron chi connectivity index (χ1n) is 27.0. The van der Waals surface area contributed by atoms with E-state index in [-0.39, 0.29) is 19.1 Å². The average Bonchev–Trinajstić information content (AvgIpc) is 3.25. The van der Waals surface area contributed by atoms with Crippen molar-refractivity contribution in [3.63, 3.8) is 0 Å². The van der Waals surface area contributed by atoms with Crippen molar-refractivity contribution in [2.24, 2.45) is 0 Å². The number of carbonyl (C=O) groups excluding carboxylic acids is 1. The molecule has 0 aromatic heterocycles. The number of aliphatic hydroxyl groups excluding tert-OH is 1. The van der Waals surface area contributed by atoms with Gasteiger partial charge in [-0.3, -0.25) is 13.8 Å². The first-order valence-corrected chi connectivity index (χ1v) is 28.5. The van der Waals surface area contributed by atoms with Gasteiger partial charge in [0.05, 0.1) is 39.9 Å². The highest BCUT2D eigenvalue weighted by molar-refractivity contribution is 7.47. The number of nitrogens with zero attached hydrogens (tertiary/aromatic N) is 1. The molecule has 0 aliphatic heterocycles. The summed E-state index contributed by atoms with van der Waals surface area (Å²) in [6.07, 6.45) is 61.0. The number of unbranched alkanes of at least 4 members (excludes halogenated alkanes) is 28. The van der Waals surface area contributed by atoms with Crippen LogP contribution in [0.3, 0.4) is 0 Å². The zero-order chi connectivity index (χ0) is 47.1. The molecule has 3 atom stereocenters. The lowest BCUT2D eigenvalue weighted by Crippen LogP contribution is -2.46. The number of carbonyl (C=O) groups is 1. The van der Waals surface area contributed by atoms with E-state index in [0.29, 0.717) is 23.9 Å². The Morgan fingerprint density at radius 2 is 0.938 bits per heavy atom. The van der Waals surface area contributed by atoms with Crippen LogP contribution in [0.1, 0.15) is 245 Å². The summed E-state index contributed by atoms with van der Waals surface area (Å²) >= 11 is 0. The molecule has 0 aliphatic carbocycles. The SMILES string of the molecule is CC/C=C\C/C=C\C/C=C\C/C=C\CCCCCCCCCCCCCCCCCCCCCCCCCCC(=O)NC(COP(=O)(O)OCC[N+](C)(C)C)C(O)CCCCCCC. The van der Waals surface area contributed by atoms with Crippen molar-refractivity contribution in [2.75, 3.05) is 40.9 Å². The largest absolute Gasteiger partial charge is 0.472 e. The molecule has 0 radical (unpaired) electrons. The average molecular weight is 922 g/mol. The van der Waals surface area contributed by atoms with Gasteiger partial charge >= 0.3 is 7.82 Å². The Bertz CT molecular complexity index is 1180. The van der Waals surface area contributed by atoms with Crippen molar-refractivity contribution in [3.05, 3.63) is 48.6 Å². The first kappa shape index (κ1) is 62.5. The molecule has 0 bridgehead atoms. The van der Waals surface area contributed by atoms with Gasteiger partial charge < -0.3 is 19.8 Å². The predicted octanol–water partition coefficient (Wildman–Crippen LogP) is 16.0. The summed E-state index contributed by atoms with van der Waals surface area (Å²) in [5.41, 5.74) is 0. The van der Waals surface area contributed by atoms with E-state index in [1.165, 1.54) is 141 Å². The second kappa shape index (κ2) is 46.6. The Morgan fingerprint density at radius 3 is 1.38 bits per heavy atom. The Hall–Kier alpha value is -1.54. The van der Waals surface area contributed by atoms with E-state index in [1.54, 1.807) is 0 Å². The lowest BCUT2D eigenvalue weighted by Gasteiger charge is -2.26. The number of quaternary nitrogens is 1. The number of amides is 1. The summed E-state index contributed by atoms with van der Waals surface area (Å²) in [6, 6.07) is -0.754. The molecule has 8 nitrogen and oxygen atoms in total. The van der Waals surface area contributed by atoms with Gasteiger partial charge in [0.1, 0.15) is 13.2 Å². The highest BCUT2D eigenvalue weighted by Gasteiger charge is 2.28. The Labute approximate surface area is 397 Å². The minimum Gasteiger partial charge on any atom is -0.391 e. The van der Waals surface area contributed by atoms with Crippen molar-refractivity contribution < 1.29 is 32.9 Å². The fourth-order valence-corrected chi connectivity index (χ4v) is 8.60. The zero-order valence-electron chi connectivity index (χ0n) is 42.8. The van der Waals surface area contributed by atoms with E-state index in [0.717, 1.165) is 77.0 Å². The fraction of sp³-hybridized carbons (Fsp3) is 0.836. The number of allylic oxidation sites excluding steroid dienone is 8. The second-order valence-electron chi connectivity index (χ2n) is 19.6. The third kappa shape index (κ3) is 48.4. The number of likely N-dealkylation sites (N-methyl/N-ethyl adjacent to an activating group) is 1. The molecule has 0 saturated heterocycles. The van der Waals surface area contributed by atoms with E-state index in [9.17, 15) is 19.4 Å². The van der Waals surface area contributed by atoms with Gasteiger partial charge in [-0.25, -0.2) is 4.57 Å². The van der Waals surface area contributed by atoms with Gasteiger partial charge in [0.2, 0.25) is 5.91 Å². The van der Waals surface area contributed by atoms with Crippen LogP contribution in [0.5, 0.6) is 0 Å². The number of phosphoric acid groups is 1. The van der Waals surface area contributed by atoms with Crippen LogP contribution in [-0.4, -0.2) is 73.4 Å². The monoisotopic (exact) mass is 922 g/mol. The molecular weight excluding hydrogens is 816 g/mol. The Balaban J connectivity index is 3.71. The minimum atomic E-state index is -4.30. The summed E-state index contributed by atoms with van der Waals surface area (Å²) in [5, 5.41) is 13.8. The molecule has 3 unspecified atom stereocenters. The third-order valence-corrected chi connectivity index (χ3v) is 13.1. The minimum absolute atomic E-state index is 0.0749. The maximum Gasteiger partial charge on any atom is 0.472 e. The van der Waals surface area contributed by atoms with Gasteiger partial charge in [0.25, 0.3) is 0 Å². The molecule has 3 N–H and O–H groups in total. The van der Waals surface area contributed by atoms with Gasteiger partial charge in [-0.2, -0.15) is 0 Å². The van der Waals surface area contributed by atoms with E-state index >= 15 is 0 Å². The number of nitrogens with one attached hydrogen (secondary N) is 1. The molecule has 0 aromatic rings. The number of hydrogen-bond acceptors (Lipinski definition) is 5. The molecular formula is C55H106N2O6P+. The third-order valence-electron chi connectivity index (χ3n) is 12.1. The number of aliphatic hydroxyl groups is 1. The molecule has 0 saturated carbocycles. The van der Waals surface area contributed by atoms with Gasteiger partial charge in [0.15, 0.2) is 0 Å². The molecule has 9 heteroatoms. The van der Waals surface area contributed by atoms with Gasteiger partial charge in [-0.1, -0.05) is 236 Å². The molecule has 0 aliphatic rings. The van der Waals surface area contributed by atoms with Crippen molar-refractivity contribution >= 4 is 13.7 Å². The smallest absolute Gasteiger partial charge is 0.391 e. The summed E-state index contributed by atoms with van der Waals surface area (Å²) in [4.78, 5) is 23.0. The zero-order valence-corrected chi connectivity index (χ0v) is 43.7. The predicted molar refractivity (Wildman–Crippen MR) is 277 cm³/mol. The van der Waals surface area contributed by atoms with Crippen molar-refractivity contribution in [2.45, 2.75) is 257 Å². The number of phosphoric ester groups is 1. The highest BCUT2D eigenvalue weighted by Crippen LogP contribution is 2.43. The second-order valence-corrected chi connectivity index (χ2v) is 21.0. The summed E-state index contributed by atoms with van der Waals surface area (Å²) in [7, 11) is 1.62. The quantitative estimate of drug-likeness (QED) is 0.0243. The fourth-order valence-electron chi connectivity index (χ4n) is 7.86. The normalized spacial score (nSPS) is 14.4. The lowest BCUT2D eigenvalue weighted by atomic mass is 10.0. The maximum atomic E-state index is 12.8. The van der Waals surface area contributed by atoms with Crippen molar-refractivity contribution in [1.82, 2.24) is 5.32 Å². The molecule has 0 heterocycles. The van der Waals surface area contributed by atoms with E-state index in [1.807, 2.05) is 21.1 Å². The van der Waals surface area contributed by atoms with E-state index in [2.05, 4.69) is 67.8 Å². The lowest BCUT2D eigenvalue weighted by molar-refractivity contribution is -0.870. The Morgan fingerprint density at radius 1 is 0.547 bits per heavy atom. The van der Waals surface area contributed by atoms with Crippen LogP contribution in [0, 0.1) is 0 Å². The summed E-state index contributed by atoms with van der Waals surface area (Å²) in [6.45, 7) is 4.69. The maximum absolute atomic E-state index is 12.8. The molecule has 1 amide bonds. The number of hydrogen-bond donors (Lipinski definition) is 3. The molecule has 376 valence electrons. The van der Waals surface area contributed by atoms with Gasteiger partial charge in [-0.15, -0.1) is 0 Å². The van der Waals surface area contributed by atoms with Crippen LogP contribution in [0.15, 0.2) is 48.6 Å². The Kier molecular flexibility index (Phi) is 45.4. The molecule has 0 rings (SSSR count). The standard InChI is InChI=1S/C55H105N2O6P/c1-6-8-10-12-13-14-15-16-17-18-19-20-21-22-23-24-25-26-27-28-29-30-31-32-33-34-35-36-37-38-39-40-41-42-43-45-47-49-55(59)56-53(54(58)48-46-44-11-9-7-2)52-63-64(60,61)62-51-50-57(3,4)5/h8,10,13-14,16-17,19-20,53-54,58H,6-7,9,11-12,15,18,21-52H2,1-5H3,(H-,56,59,60,61)/p+1/b10-8-,14-13-,17-16-,20-19-. The molecule has 0 aromatic carbocycles. The van der Waals surface area contributed by atoms with E-state index < -0.39 is 20.0 Å². The molecule has 64 heavy (non-hydrogen) atoms. The summed E-state index contributed by atoms with van der Waals surface area (Å²) in [5.74, 6) is -0.149. The van der Waals surface area contributed by atoms with Crippen molar-refractivity contribution in [3.8, 4) is 0 Å². The van der Waals surface area contributed by atoms with Gasteiger partial charge in [0, 0.05) is 6.42 Å². The van der Waals surface area contributed by atoms with Crippen LogP contribution in [0.25, 0.3) is 0 Å². The van der Waals surface area contributed by atoms with E-state index in [4.69, 9.17) is 9.05 Å². The van der Waals surface area contributed by atoms with Crippen LogP contribution in [0.2, 0.25) is 0 Å². The van der Waals surface area contributed by atoms with Crippen LogP contribution >= 0.6 is 7.82 Å². The van der Waals surface area contributed by atoms with Gasteiger partial charge in [-0.05, 0) is 51.4 Å². The van der Waals surface area contributed by atoms with Crippen molar-refractivity contribution in [1.29, 1.82) is 0 Å². The van der Waals surface area contributed by atoms with Crippen LogP contribution in [0.4, 0.5) is 0 Å². The number of rotatable bonds is 49. The molecule has 0 spiro atoms. The van der Waals surface area contributed by atoms with Crippen LogP contribution in [-0.2, 0) is 18.4 Å². The van der Waals surface area contributed by atoms with Crippen LogP contribution < -0.4 is 5.32 Å². The first-order chi connectivity index (χ1) is 31.0.